The Balaban J connectivity index is 2.29. The largest absolute Gasteiger partial charge is 0.494 e. The van der Waals surface area contributed by atoms with E-state index in [1.807, 2.05) is 6.07 Å². The number of hydrogen-bond acceptors (Lipinski definition) is 2. The number of benzene rings is 1. The number of halogens is 2. The maximum Gasteiger partial charge on any atom is 0.179 e. The van der Waals surface area contributed by atoms with Gasteiger partial charge in [-0.05, 0) is 53.0 Å². The monoisotopic (exact) mass is 287 g/mol. The third-order valence-corrected chi connectivity index (χ3v) is 3.53. The molecule has 0 saturated carbocycles. The lowest BCUT2D eigenvalue weighted by Gasteiger charge is -2.24. The van der Waals surface area contributed by atoms with Crippen molar-refractivity contribution in [3.63, 3.8) is 0 Å². The first-order valence-corrected chi connectivity index (χ1v) is 6.28. The molecule has 1 aliphatic rings. The van der Waals surface area contributed by atoms with Gasteiger partial charge in [-0.3, -0.25) is 0 Å². The van der Waals surface area contributed by atoms with Gasteiger partial charge in [-0.2, -0.15) is 0 Å². The van der Waals surface area contributed by atoms with Crippen molar-refractivity contribution in [3.05, 3.63) is 28.0 Å². The molecule has 1 aromatic rings. The number of ether oxygens (including phenoxy) is 1. The molecule has 0 amide bonds. The quantitative estimate of drug-likeness (QED) is 0.900. The van der Waals surface area contributed by atoms with Gasteiger partial charge in [0.25, 0.3) is 0 Å². The lowest BCUT2D eigenvalue weighted by Crippen LogP contribution is -2.26. The molecular weight excluding hydrogens is 273 g/mol. The Morgan fingerprint density at radius 2 is 2.25 bits per heavy atom. The Morgan fingerprint density at radius 3 is 2.88 bits per heavy atom. The summed E-state index contributed by atoms with van der Waals surface area (Å²) in [5.41, 5.74) is 1.09. The fraction of sp³-hybridized carbons (Fsp3) is 0.500. The molecule has 1 aliphatic heterocycles. The van der Waals surface area contributed by atoms with E-state index in [0.717, 1.165) is 18.5 Å². The summed E-state index contributed by atoms with van der Waals surface area (Å²) in [6.07, 6.45) is 3.53. The zero-order valence-electron chi connectivity index (χ0n) is 9.22. The molecule has 1 aromatic carbocycles. The van der Waals surface area contributed by atoms with Crippen LogP contribution in [0.5, 0.6) is 5.75 Å². The summed E-state index contributed by atoms with van der Waals surface area (Å²) in [6.45, 7) is 1.03. The molecule has 1 saturated heterocycles. The van der Waals surface area contributed by atoms with Crippen LogP contribution in [0.3, 0.4) is 0 Å². The zero-order valence-corrected chi connectivity index (χ0v) is 10.8. The van der Waals surface area contributed by atoms with Crippen molar-refractivity contribution in [2.75, 3.05) is 13.7 Å². The fourth-order valence-electron chi connectivity index (χ4n) is 2.07. The molecule has 0 bridgehead atoms. The summed E-state index contributed by atoms with van der Waals surface area (Å²) in [4.78, 5) is 0. The van der Waals surface area contributed by atoms with Gasteiger partial charge in [0.1, 0.15) is 0 Å². The van der Waals surface area contributed by atoms with Crippen LogP contribution in [0.25, 0.3) is 0 Å². The van der Waals surface area contributed by atoms with E-state index >= 15 is 0 Å². The van der Waals surface area contributed by atoms with Gasteiger partial charge < -0.3 is 10.1 Å². The number of nitrogens with one attached hydrogen (secondary N) is 1. The summed E-state index contributed by atoms with van der Waals surface area (Å²) in [5, 5.41) is 3.43. The van der Waals surface area contributed by atoms with Crippen LogP contribution in [0, 0.1) is 5.82 Å². The molecule has 0 spiro atoms. The summed E-state index contributed by atoms with van der Waals surface area (Å²) < 4.78 is 19.0. The normalized spacial score (nSPS) is 20.8. The number of methoxy groups -OCH3 is 1. The summed E-state index contributed by atoms with van der Waals surface area (Å²) >= 11 is 3.22. The second-order valence-electron chi connectivity index (χ2n) is 4.02. The van der Waals surface area contributed by atoms with Crippen molar-refractivity contribution in [2.24, 2.45) is 0 Å². The maximum atomic E-state index is 13.6. The van der Waals surface area contributed by atoms with Crippen LogP contribution in [0.1, 0.15) is 30.9 Å². The minimum absolute atomic E-state index is 0.303. The average Bonchev–Trinajstić information content (AvgIpc) is 2.33. The van der Waals surface area contributed by atoms with Crippen LogP contribution in [0.2, 0.25) is 0 Å². The molecule has 2 rings (SSSR count). The Morgan fingerprint density at radius 1 is 1.44 bits per heavy atom. The first kappa shape index (κ1) is 11.9. The Bertz CT molecular complexity index is 378. The van der Waals surface area contributed by atoms with E-state index in [0.29, 0.717) is 16.3 Å². The highest BCUT2D eigenvalue weighted by atomic mass is 79.9. The van der Waals surface area contributed by atoms with Crippen molar-refractivity contribution in [1.29, 1.82) is 0 Å². The lowest BCUT2D eigenvalue weighted by molar-refractivity contribution is 0.378. The standard InChI is InChI=1S/C12H15BrFNO/c1-16-11-7-8(6-9(13)12(11)14)10-4-2-3-5-15-10/h6-7,10,15H,2-5H2,1H3. The molecule has 88 valence electrons. The van der Waals surface area contributed by atoms with Gasteiger partial charge in [0.2, 0.25) is 0 Å². The van der Waals surface area contributed by atoms with E-state index in [1.165, 1.54) is 20.0 Å². The maximum absolute atomic E-state index is 13.6. The van der Waals surface area contributed by atoms with Gasteiger partial charge in [-0.15, -0.1) is 0 Å². The van der Waals surface area contributed by atoms with Crippen LogP contribution < -0.4 is 10.1 Å². The summed E-state index contributed by atoms with van der Waals surface area (Å²) in [7, 11) is 1.49. The van der Waals surface area contributed by atoms with E-state index < -0.39 is 0 Å². The van der Waals surface area contributed by atoms with Gasteiger partial charge >= 0.3 is 0 Å². The van der Waals surface area contributed by atoms with Crippen molar-refractivity contribution >= 4 is 15.9 Å². The van der Waals surface area contributed by atoms with Crippen LogP contribution in [0.15, 0.2) is 16.6 Å². The first-order valence-electron chi connectivity index (χ1n) is 5.48. The molecule has 0 aromatic heterocycles. The van der Waals surface area contributed by atoms with E-state index in [4.69, 9.17) is 4.74 Å². The minimum atomic E-state index is -0.331. The highest BCUT2D eigenvalue weighted by Gasteiger charge is 2.18. The minimum Gasteiger partial charge on any atom is -0.494 e. The second kappa shape index (κ2) is 5.15. The van der Waals surface area contributed by atoms with E-state index in [9.17, 15) is 4.39 Å². The predicted octanol–water partition coefficient (Wildman–Crippen LogP) is 3.41. The highest BCUT2D eigenvalue weighted by molar-refractivity contribution is 9.10. The van der Waals surface area contributed by atoms with E-state index in [-0.39, 0.29) is 5.82 Å². The zero-order chi connectivity index (χ0) is 11.5. The van der Waals surface area contributed by atoms with Gasteiger partial charge in [0.05, 0.1) is 11.6 Å². The lowest BCUT2D eigenvalue weighted by atomic mass is 9.97. The molecule has 1 unspecified atom stereocenters. The van der Waals surface area contributed by atoms with Gasteiger partial charge in [0.15, 0.2) is 11.6 Å². The van der Waals surface area contributed by atoms with Crippen molar-refractivity contribution in [3.8, 4) is 5.75 Å². The van der Waals surface area contributed by atoms with Crippen LogP contribution >= 0.6 is 15.9 Å². The fourth-order valence-corrected chi connectivity index (χ4v) is 2.53. The molecular formula is C12H15BrFNO. The Kier molecular flexibility index (Phi) is 3.82. The van der Waals surface area contributed by atoms with Crippen molar-refractivity contribution in [2.45, 2.75) is 25.3 Å². The molecule has 4 heteroatoms. The van der Waals surface area contributed by atoms with Gasteiger partial charge in [0, 0.05) is 6.04 Å². The van der Waals surface area contributed by atoms with Gasteiger partial charge in [-0.1, -0.05) is 6.42 Å². The second-order valence-corrected chi connectivity index (χ2v) is 4.88. The smallest absolute Gasteiger partial charge is 0.179 e. The molecule has 1 N–H and O–H groups in total. The highest BCUT2D eigenvalue weighted by Crippen LogP contribution is 2.32. The Hall–Kier alpha value is -0.610. The molecule has 0 radical (unpaired) electrons. The third kappa shape index (κ3) is 2.38. The summed E-state index contributed by atoms with van der Waals surface area (Å²) in [6, 6.07) is 3.93. The summed E-state index contributed by atoms with van der Waals surface area (Å²) in [5.74, 6) is -0.0289. The van der Waals surface area contributed by atoms with Crippen molar-refractivity contribution < 1.29 is 9.13 Å². The first-order chi connectivity index (χ1) is 7.72. The van der Waals surface area contributed by atoms with Crippen molar-refractivity contribution in [1.82, 2.24) is 5.32 Å². The molecule has 2 nitrogen and oxygen atoms in total. The predicted molar refractivity (Wildman–Crippen MR) is 65.2 cm³/mol. The van der Waals surface area contributed by atoms with E-state index in [2.05, 4.69) is 21.2 Å². The Labute approximate surface area is 103 Å². The topological polar surface area (TPSA) is 21.3 Å². The molecule has 16 heavy (non-hydrogen) atoms. The molecule has 1 atom stereocenters. The molecule has 1 heterocycles. The number of piperidine rings is 1. The van der Waals surface area contributed by atoms with Crippen LogP contribution in [0.4, 0.5) is 4.39 Å². The molecule has 1 fully saturated rings. The number of hydrogen-bond donors (Lipinski definition) is 1. The van der Waals surface area contributed by atoms with Crippen LogP contribution in [-0.2, 0) is 0 Å². The SMILES string of the molecule is COc1cc(C2CCCCN2)cc(Br)c1F. The molecule has 0 aliphatic carbocycles. The van der Waals surface area contributed by atoms with Gasteiger partial charge in [-0.25, -0.2) is 4.39 Å². The number of rotatable bonds is 2. The third-order valence-electron chi connectivity index (χ3n) is 2.95. The average molecular weight is 288 g/mol. The van der Waals surface area contributed by atoms with Crippen LogP contribution in [-0.4, -0.2) is 13.7 Å². The van der Waals surface area contributed by atoms with E-state index in [1.54, 1.807) is 6.07 Å².